The summed E-state index contributed by atoms with van der Waals surface area (Å²) in [6, 6.07) is 6.68. The second kappa shape index (κ2) is 32.0. The topological polar surface area (TPSA) is 281 Å². The molecule has 0 spiro atoms. The Morgan fingerprint density at radius 1 is 0.489 bits per heavy atom. The third-order valence-electron chi connectivity index (χ3n) is 19.0. The van der Waals surface area contributed by atoms with Crippen LogP contribution in [-0.2, 0) is 64.0 Å². The number of aliphatic hydroxyl groups excluding tert-OH is 2. The van der Waals surface area contributed by atoms with E-state index < -0.39 is 49.1 Å². The number of allylic oxidation sites excluding steroid dienone is 9. The quantitative estimate of drug-likeness (QED) is 0.0502. The number of amides is 3. The molecule has 17 nitrogen and oxygen atoms in total. The van der Waals surface area contributed by atoms with Crippen LogP contribution in [0, 0.1) is 45.8 Å². The van der Waals surface area contributed by atoms with Gasteiger partial charge in [-0.2, -0.15) is 0 Å². The van der Waals surface area contributed by atoms with Crippen molar-refractivity contribution >= 4 is 69.8 Å². The molecule has 0 heterocycles. The zero-order valence-corrected chi connectivity index (χ0v) is 51.2. The molecule has 5 N–H and O–H groups in total. The summed E-state index contributed by atoms with van der Waals surface area (Å²) in [5, 5.41) is 27.1. The van der Waals surface area contributed by atoms with E-state index in [1.54, 1.807) is 19.1 Å². The summed E-state index contributed by atoms with van der Waals surface area (Å²) in [7, 11) is 0. The number of nitrogens with one attached hydrogen (secondary N) is 3. The van der Waals surface area contributed by atoms with E-state index in [-0.39, 0.29) is 143 Å². The van der Waals surface area contributed by atoms with Gasteiger partial charge in [-0.25, -0.2) is 0 Å². The first kappa shape index (κ1) is 70.1. The third-order valence-corrected chi connectivity index (χ3v) is 19.0. The predicted octanol–water partition coefficient (Wildman–Crippen LogP) is 8.66. The number of hydrogen-bond donors (Lipinski definition) is 5. The molecule has 0 saturated heterocycles. The van der Waals surface area contributed by atoms with Gasteiger partial charge in [-0.15, -0.1) is 0 Å². The van der Waals surface area contributed by atoms with Gasteiger partial charge in [-0.3, -0.25) is 57.5 Å². The van der Waals surface area contributed by atoms with E-state index in [0.717, 1.165) is 82.6 Å². The van der Waals surface area contributed by atoms with Crippen molar-refractivity contribution in [3.63, 3.8) is 0 Å². The molecule has 8 aliphatic rings. The summed E-state index contributed by atoms with van der Waals surface area (Å²) in [6.07, 6.45) is 30.1. The Morgan fingerprint density at radius 2 is 0.818 bits per heavy atom. The maximum Gasteiger partial charge on any atom is 0.248 e. The second-order valence-electron chi connectivity index (χ2n) is 26.5. The number of rotatable bonds is 29. The van der Waals surface area contributed by atoms with Gasteiger partial charge in [0.2, 0.25) is 17.7 Å². The van der Waals surface area contributed by atoms with Crippen LogP contribution >= 0.6 is 0 Å². The van der Waals surface area contributed by atoms with E-state index in [2.05, 4.69) is 16.0 Å². The van der Waals surface area contributed by atoms with Crippen LogP contribution in [0.15, 0.2) is 102 Å². The average molecular weight is 1210 g/mol. The van der Waals surface area contributed by atoms with Crippen molar-refractivity contribution in [1.82, 2.24) is 16.0 Å². The fourth-order valence-electron chi connectivity index (χ4n) is 12.5. The van der Waals surface area contributed by atoms with Crippen LogP contribution in [0.1, 0.15) is 182 Å². The molecule has 0 bridgehead atoms. The maximum atomic E-state index is 13.0. The Bertz CT molecular complexity index is 2990. The van der Waals surface area contributed by atoms with Gasteiger partial charge >= 0.3 is 0 Å². The van der Waals surface area contributed by atoms with Crippen LogP contribution in [0.3, 0.4) is 0 Å². The second-order valence-corrected chi connectivity index (χ2v) is 26.5. The molecule has 17 heteroatoms. The zero-order chi connectivity index (χ0) is 63.1. The van der Waals surface area contributed by atoms with E-state index in [0.29, 0.717) is 23.8 Å². The van der Waals surface area contributed by atoms with Crippen molar-refractivity contribution in [2.24, 2.45) is 45.8 Å². The van der Waals surface area contributed by atoms with Crippen molar-refractivity contribution in [2.75, 3.05) is 13.2 Å². The van der Waals surface area contributed by atoms with Crippen LogP contribution in [0.25, 0.3) is 0 Å². The van der Waals surface area contributed by atoms with Gasteiger partial charge in [-0.1, -0.05) is 146 Å². The Balaban J connectivity index is 0.000000210. The van der Waals surface area contributed by atoms with E-state index >= 15 is 0 Å². The van der Waals surface area contributed by atoms with Gasteiger partial charge in [0.15, 0.2) is 34.7 Å². The largest absolute Gasteiger partial charge is 0.394 e. The molecule has 1 aromatic rings. The zero-order valence-electron chi connectivity index (χ0n) is 51.2. The molecule has 0 aromatic heterocycles. The van der Waals surface area contributed by atoms with Crippen molar-refractivity contribution in [2.45, 2.75) is 201 Å². The Hall–Kier alpha value is -6.98. The lowest BCUT2D eigenvalue weighted by atomic mass is 9.80. The van der Waals surface area contributed by atoms with Gasteiger partial charge in [0.1, 0.15) is 29.4 Å². The smallest absolute Gasteiger partial charge is 0.248 e. The first-order valence-corrected chi connectivity index (χ1v) is 31.5. The molecule has 5 saturated carbocycles. The normalized spacial score (nSPS) is 21.2. The molecule has 0 radical (unpaired) electrons. The van der Waals surface area contributed by atoms with Gasteiger partial charge < -0.3 is 26.2 Å². The molecular weight excluding hydrogens is 1120 g/mol. The highest BCUT2D eigenvalue weighted by Crippen LogP contribution is 2.51. The summed E-state index contributed by atoms with van der Waals surface area (Å²) in [6.45, 7) is 6.47. The Morgan fingerprint density at radius 3 is 1.16 bits per heavy atom. The third kappa shape index (κ3) is 20.3. The number of ketones is 9. The lowest BCUT2D eigenvalue weighted by molar-refractivity contribution is -0.133. The number of carbonyl (C=O) groups is 12. The molecule has 8 aliphatic carbocycles. The number of aliphatic hydroxyl groups is 2. The van der Waals surface area contributed by atoms with E-state index in [9.17, 15) is 67.7 Å². The molecule has 1 aromatic carbocycles. The maximum absolute atomic E-state index is 13.0. The highest BCUT2D eigenvalue weighted by Gasteiger charge is 2.50. The molecule has 0 aliphatic heterocycles. The van der Waals surface area contributed by atoms with Gasteiger partial charge in [0.25, 0.3) is 0 Å². The van der Waals surface area contributed by atoms with E-state index in [4.69, 9.17) is 0 Å². The SMILES string of the molecule is C.CC1(C(=O)[C@@H](CC(=O)C(CO)NC(=O)C2=CC=CC(=O)C2)Cc2ccccc2)CC1.CC1(C(=O)[C@@H](CC(=O)[C@H](CO)NC(=O)C2=CC=CC(=O)C2)CC2CCCC2)CC1.C[C@H](NC(=O)C1=CC=CC(=O)C1)C(=O)C[C@@H](CC1CCCC1)C(=O)C1(C)CC1. The summed E-state index contributed by atoms with van der Waals surface area (Å²) in [5.41, 5.74) is 0.934. The molecule has 5 fully saturated rings. The number of Topliss-reactive ketones (excluding diaryl/α,β-unsaturated/α-hetero) is 6. The standard InChI is InChI=1S/C24H27NO5.C23H31NO5.C23H31NO4.CH4/c1-24(10-11-24)22(29)18(12-16-6-3-2-4-7-16)14-21(28)20(15-26)25-23(30)17-8-5-9-19(27)13-17;1-23(9-10-23)21(28)17(11-15-5-2-3-6-15)13-20(27)19(14-25)24-22(29)16-7-4-8-18(26)12-16;1-15(24-22(28)17-8-5-9-19(25)13-17)20(26)14-18(12-16-6-3-4-7-16)21(27)23(2)10-11-23;/h2-9,18,20,26H,10-15H2,1H3,(H,25,30);4,7-8,15,17,19,25H,2-3,5-6,9-14H2,1H3,(H,24,29);5,8-9,15-16,18H,3-4,6-7,10-14H2,1-2H3,(H,24,28);1H4/t18-,20?;17-,19+;15-,18+;/m110./s1. The first-order valence-electron chi connectivity index (χ1n) is 31.5. The minimum Gasteiger partial charge on any atom is -0.394 e. The van der Waals surface area contributed by atoms with E-state index in [1.807, 2.05) is 51.1 Å². The minimum atomic E-state index is -1.11. The molecular formula is C71H93N3O14. The van der Waals surface area contributed by atoms with Crippen molar-refractivity contribution in [3.8, 4) is 0 Å². The highest BCUT2D eigenvalue weighted by molar-refractivity contribution is 6.08. The molecule has 88 heavy (non-hydrogen) atoms. The predicted molar refractivity (Wildman–Crippen MR) is 333 cm³/mol. The van der Waals surface area contributed by atoms with Crippen LogP contribution in [0.4, 0.5) is 0 Å². The molecule has 6 atom stereocenters. The monoisotopic (exact) mass is 1210 g/mol. The first-order chi connectivity index (χ1) is 41.4. The van der Waals surface area contributed by atoms with Crippen molar-refractivity contribution in [1.29, 1.82) is 0 Å². The number of carbonyl (C=O) groups excluding carboxylic acids is 12. The lowest BCUT2D eigenvalue weighted by Gasteiger charge is -2.24. The van der Waals surface area contributed by atoms with Crippen LogP contribution in [0.5, 0.6) is 0 Å². The van der Waals surface area contributed by atoms with Crippen molar-refractivity contribution in [3.05, 3.63) is 107 Å². The Labute approximate surface area is 518 Å². The summed E-state index contributed by atoms with van der Waals surface area (Å²) in [5.74, 6) is -2.37. The molecule has 3 amide bonds. The fourth-order valence-corrected chi connectivity index (χ4v) is 12.5. The lowest BCUT2D eigenvalue weighted by Crippen LogP contribution is -2.45. The fraction of sp³-hybridized carbons (Fsp3) is 0.577. The van der Waals surface area contributed by atoms with Gasteiger partial charge in [-0.05, 0) is 100 Å². The number of hydrogen-bond acceptors (Lipinski definition) is 14. The highest BCUT2D eigenvalue weighted by atomic mass is 16.3. The number of benzene rings is 1. The molecule has 476 valence electrons. The van der Waals surface area contributed by atoms with Crippen LogP contribution in [-0.4, -0.2) is 111 Å². The average Bonchev–Trinajstić information content (AvgIpc) is 3.36. The van der Waals surface area contributed by atoms with Gasteiger partial charge in [0, 0.05) is 89.2 Å². The molecule has 1 unspecified atom stereocenters. The van der Waals surface area contributed by atoms with Crippen molar-refractivity contribution < 1.29 is 67.7 Å². The van der Waals surface area contributed by atoms with Crippen LogP contribution < -0.4 is 16.0 Å². The summed E-state index contributed by atoms with van der Waals surface area (Å²) >= 11 is 0. The Kier molecular flexibility index (Phi) is 25.5. The minimum absolute atomic E-state index is 0. The van der Waals surface area contributed by atoms with Gasteiger partial charge in [0.05, 0.1) is 19.3 Å². The summed E-state index contributed by atoms with van der Waals surface area (Å²) < 4.78 is 0. The van der Waals surface area contributed by atoms with E-state index in [1.165, 1.54) is 68.2 Å². The van der Waals surface area contributed by atoms with Crippen LogP contribution in [0.2, 0.25) is 0 Å². The summed E-state index contributed by atoms with van der Waals surface area (Å²) in [4.78, 5) is 149. The molecule has 9 rings (SSSR count).